The Labute approximate surface area is 138 Å². The molecule has 120 valence electrons. The summed E-state index contributed by atoms with van der Waals surface area (Å²) in [6, 6.07) is 5.33. The number of carbonyl (C=O) groups excluding carboxylic acids is 1. The summed E-state index contributed by atoms with van der Waals surface area (Å²) in [4.78, 5) is 12.3. The highest BCUT2D eigenvalue weighted by Gasteiger charge is 2.46. The van der Waals surface area contributed by atoms with Gasteiger partial charge in [-0.15, -0.1) is 11.0 Å². The van der Waals surface area contributed by atoms with Gasteiger partial charge in [0.1, 0.15) is 17.4 Å². The van der Waals surface area contributed by atoms with Crippen molar-refractivity contribution < 1.29 is 13.6 Å². The molecular formula is C19H14F2N2O. The van der Waals surface area contributed by atoms with Gasteiger partial charge in [-0.1, -0.05) is 12.0 Å². The SMILES string of the molecule is CC(=O)[C@@]12CC#C[C@@H](CC1)c1cc(-c3c(F)cccc3F)nnc12. The van der Waals surface area contributed by atoms with Crippen molar-refractivity contribution in [3.05, 3.63) is 47.2 Å². The Bertz CT molecular complexity index is 908. The molecule has 0 N–H and O–H groups in total. The minimum Gasteiger partial charge on any atom is -0.299 e. The van der Waals surface area contributed by atoms with Crippen LogP contribution in [0.5, 0.6) is 0 Å². The molecule has 1 heterocycles. The quantitative estimate of drug-likeness (QED) is 0.794. The Morgan fingerprint density at radius 2 is 2.04 bits per heavy atom. The molecule has 0 saturated carbocycles. The maximum Gasteiger partial charge on any atom is 0.142 e. The number of hydrogen-bond donors (Lipinski definition) is 0. The smallest absolute Gasteiger partial charge is 0.142 e. The number of ketones is 1. The number of fused-ring (bicyclic) bond motifs is 2. The lowest BCUT2D eigenvalue weighted by Crippen LogP contribution is -2.38. The topological polar surface area (TPSA) is 42.9 Å². The van der Waals surface area contributed by atoms with Crippen molar-refractivity contribution >= 4 is 5.78 Å². The number of rotatable bonds is 2. The minimum absolute atomic E-state index is 0.0116. The van der Waals surface area contributed by atoms with Crippen LogP contribution in [-0.2, 0) is 10.2 Å². The van der Waals surface area contributed by atoms with E-state index in [1.54, 1.807) is 13.0 Å². The first-order valence-corrected chi connectivity index (χ1v) is 7.85. The second-order valence-electron chi connectivity index (χ2n) is 6.36. The van der Waals surface area contributed by atoms with Crippen LogP contribution < -0.4 is 0 Å². The number of halogens is 2. The summed E-state index contributed by atoms with van der Waals surface area (Å²) < 4.78 is 28.1. The molecular weight excluding hydrogens is 310 g/mol. The molecule has 0 radical (unpaired) electrons. The van der Waals surface area contributed by atoms with E-state index < -0.39 is 17.0 Å². The van der Waals surface area contributed by atoms with Crippen molar-refractivity contribution in [3.8, 4) is 23.1 Å². The third kappa shape index (κ3) is 1.99. The molecule has 0 amide bonds. The van der Waals surface area contributed by atoms with Crippen LogP contribution in [-0.4, -0.2) is 16.0 Å². The molecule has 24 heavy (non-hydrogen) atoms. The first kappa shape index (κ1) is 14.9. The highest BCUT2D eigenvalue weighted by molar-refractivity contribution is 5.89. The van der Waals surface area contributed by atoms with Crippen molar-refractivity contribution in [2.45, 2.75) is 37.5 Å². The fraction of sp³-hybridized carbons (Fsp3) is 0.316. The van der Waals surface area contributed by atoms with E-state index in [1.165, 1.54) is 18.2 Å². The number of carbonyl (C=O) groups is 1. The summed E-state index contributed by atoms with van der Waals surface area (Å²) in [6.07, 6.45) is 1.83. The summed E-state index contributed by atoms with van der Waals surface area (Å²) in [6.45, 7) is 1.54. The van der Waals surface area contributed by atoms with E-state index >= 15 is 0 Å². The highest BCUT2D eigenvalue weighted by atomic mass is 19.1. The maximum absolute atomic E-state index is 14.1. The van der Waals surface area contributed by atoms with Crippen molar-refractivity contribution in [1.29, 1.82) is 0 Å². The van der Waals surface area contributed by atoms with Gasteiger partial charge in [-0.3, -0.25) is 4.79 Å². The third-order valence-electron chi connectivity index (χ3n) is 5.07. The van der Waals surface area contributed by atoms with E-state index in [1.807, 2.05) is 0 Å². The zero-order chi connectivity index (χ0) is 16.9. The van der Waals surface area contributed by atoms with E-state index in [0.717, 1.165) is 12.0 Å². The van der Waals surface area contributed by atoms with Gasteiger partial charge in [-0.2, -0.15) is 5.10 Å². The number of hydrogen-bond acceptors (Lipinski definition) is 3. The third-order valence-corrected chi connectivity index (χ3v) is 5.07. The van der Waals surface area contributed by atoms with Gasteiger partial charge in [-0.05, 0) is 43.5 Å². The zero-order valence-corrected chi connectivity index (χ0v) is 13.1. The van der Waals surface area contributed by atoms with E-state index in [9.17, 15) is 13.6 Å². The Morgan fingerprint density at radius 3 is 2.75 bits per heavy atom. The summed E-state index contributed by atoms with van der Waals surface area (Å²) in [5.41, 5.74) is 0.572. The van der Waals surface area contributed by atoms with Crippen molar-refractivity contribution in [3.63, 3.8) is 0 Å². The van der Waals surface area contributed by atoms with Crippen LogP contribution in [0.1, 0.15) is 43.4 Å². The van der Waals surface area contributed by atoms with Gasteiger partial charge < -0.3 is 0 Å². The van der Waals surface area contributed by atoms with E-state index in [4.69, 9.17) is 0 Å². The Kier molecular flexibility index (Phi) is 3.24. The molecule has 2 atom stereocenters. The second kappa shape index (κ2) is 5.20. The maximum atomic E-state index is 14.1. The lowest BCUT2D eigenvalue weighted by molar-refractivity contribution is -0.123. The van der Waals surface area contributed by atoms with Crippen LogP contribution in [0.2, 0.25) is 0 Å². The molecule has 0 fully saturated rings. The first-order chi connectivity index (χ1) is 11.5. The predicted octanol–water partition coefficient (Wildman–Crippen LogP) is 3.53. The Morgan fingerprint density at radius 1 is 1.29 bits per heavy atom. The van der Waals surface area contributed by atoms with Gasteiger partial charge >= 0.3 is 0 Å². The van der Waals surface area contributed by atoms with Crippen LogP contribution in [0, 0.1) is 23.5 Å². The number of aromatic nitrogens is 2. The molecule has 2 bridgehead atoms. The minimum atomic E-state index is -0.741. The van der Waals surface area contributed by atoms with Crippen molar-refractivity contribution in [2.24, 2.45) is 0 Å². The summed E-state index contributed by atoms with van der Waals surface area (Å²) in [5, 5.41) is 8.26. The molecule has 3 aliphatic carbocycles. The lowest BCUT2D eigenvalue weighted by Gasteiger charge is -2.34. The molecule has 0 saturated heterocycles. The number of Topliss-reactive ketones (excluding diaryl/α,β-unsaturated/α-hetero) is 1. The van der Waals surface area contributed by atoms with E-state index in [0.29, 0.717) is 18.5 Å². The Hall–Kier alpha value is -2.61. The van der Waals surface area contributed by atoms with Crippen LogP contribution in [0.25, 0.3) is 11.3 Å². The van der Waals surface area contributed by atoms with Crippen LogP contribution in [0.15, 0.2) is 24.3 Å². The molecule has 3 aliphatic rings. The molecule has 2 aromatic rings. The van der Waals surface area contributed by atoms with Gasteiger partial charge in [0.2, 0.25) is 0 Å². The van der Waals surface area contributed by atoms with Gasteiger partial charge in [0.05, 0.1) is 22.4 Å². The molecule has 0 aliphatic heterocycles. The molecule has 5 heteroatoms. The first-order valence-electron chi connectivity index (χ1n) is 7.85. The molecule has 1 aromatic carbocycles. The molecule has 1 aromatic heterocycles. The van der Waals surface area contributed by atoms with Gasteiger partial charge in [-0.25, -0.2) is 8.78 Å². The molecule has 0 spiro atoms. The molecule has 3 nitrogen and oxygen atoms in total. The lowest BCUT2D eigenvalue weighted by atomic mass is 9.67. The average molecular weight is 324 g/mol. The monoisotopic (exact) mass is 324 g/mol. The van der Waals surface area contributed by atoms with Gasteiger partial charge in [0, 0.05) is 12.3 Å². The molecule has 5 rings (SSSR count). The van der Waals surface area contributed by atoms with Crippen molar-refractivity contribution in [2.75, 3.05) is 0 Å². The molecule has 0 unspecified atom stereocenters. The zero-order valence-electron chi connectivity index (χ0n) is 13.1. The number of nitrogens with zero attached hydrogens (tertiary/aromatic N) is 2. The summed E-state index contributed by atoms with van der Waals surface area (Å²) in [7, 11) is 0. The highest BCUT2D eigenvalue weighted by Crippen LogP contribution is 2.46. The van der Waals surface area contributed by atoms with Gasteiger partial charge in [0.15, 0.2) is 0 Å². The van der Waals surface area contributed by atoms with Crippen LogP contribution >= 0.6 is 0 Å². The van der Waals surface area contributed by atoms with E-state index in [2.05, 4.69) is 22.0 Å². The standard InChI is InChI=1S/C19H14F2N2O/c1-11(24)19-8-3-4-12(7-9-19)13-10-16(22-23-18(13)19)17-14(20)5-2-6-15(17)21/h2,5-6,10,12H,7-9H2,1H3/t12-,19+/m0/s1. The number of benzene rings is 1. The largest absolute Gasteiger partial charge is 0.299 e. The summed E-state index contributed by atoms with van der Waals surface area (Å²) >= 11 is 0. The predicted molar refractivity (Wildman–Crippen MR) is 84.1 cm³/mol. The average Bonchev–Trinajstić information content (AvgIpc) is 2.87. The second-order valence-corrected chi connectivity index (χ2v) is 6.36. The van der Waals surface area contributed by atoms with Crippen molar-refractivity contribution in [1.82, 2.24) is 10.2 Å². The van der Waals surface area contributed by atoms with Crippen LogP contribution in [0.4, 0.5) is 8.78 Å². The fourth-order valence-corrected chi connectivity index (χ4v) is 3.69. The van der Waals surface area contributed by atoms with Crippen LogP contribution in [0.3, 0.4) is 0 Å². The summed E-state index contributed by atoms with van der Waals surface area (Å²) in [5.74, 6) is 4.80. The van der Waals surface area contributed by atoms with Gasteiger partial charge in [0.25, 0.3) is 0 Å². The fourth-order valence-electron chi connectivity index (χ4n) is 3.69. The Balaban J connectivity index is 1.94. The normalized spacial score (nSPS) is 23.9. The van der Waals surface area contributed by atoms with E-state index in [-0.39, 0.29) is 23.0 Å².